The van der Waals surface area contributed by atoms with Crippen LogP contribution in [0.3, 0.4) is 0 Å². The van der Waals surface area contributed by atoms with Crippen molar-refractivity contribution in [2.45, 2.75) is 124 Å². The molecule has 182 valence electrons. The molecule has 4 unspecified atom stereocenters. The van der Waals surface area contributed by atoms with E-state index in [1.165, 1.54) is 32.1 Å². The normalized spacial score (nSPS) is 24.1. The molecule has 1 fully saturated rings. The van der Waals surface area contributed by atoms with E-state index in [4.69, 9.17) is 4.74 Å². The minimum Gasteiger partial charge on any atom is -0.396 e. The molecule has 0 heterocycles. The number of hydrogen-bond donors (Lipinski definition) is 3. The van der Waals surface area contributed by atoms with Crippen molar-refractivity contribution in [1.29, 1.82) is 0 Å². The first kappa shape index (κ1) is 29.8. The van der Waals surface area contributed by atoms with Crippen molar-refractivity contribution in [3.63, 3.8) is 0 Å². The van der Waals surface area contributed by atoms with E-state index >= 15 is 0 Å². The lowest BCUT2D eigenvalue weighted by Crippen LogP contribution is -2.32. The molecule has 0 amide bonds. The molecule has 4 nitrogen and oxygen atoms in total. The van der Waals surface area contributed by atoms with Crippen molar-refractivity contribution in [1.82, 2.24) is 0 Å². The molecular weight excluding hydrogens is 376 g/mol. The zero-order valence-electron chi connectivity index (χ0n) is 21.1. The summed E-state index contributed by atoms with van der Waals surface area (Å²) in [6, 6.07) is 0. The molecule has 0 saturated heterocycles. The highest BCUT2D eigenvalue weighted by molar-refractivity contribution is 4.83. The van der Waals surface area contributed by atoms with Gasteiger partial charge in [-0.05, 0) is 75.0 Å². The molecule has 0 spiro atoms. The molecule has 4 atom stereocenters. The first-order valence-electron chi connectivity index (χ1n) is 12.9. The quantitative estimate of drug-likeness (QED) is 0.266. The SMILES string of the molecule is CC.CCOC(O)(CC)CCCC(C)(C)CCCC1CCCC(CO)C1CCCO. The molecule has 1 rings (SSSR count). The van der Waals surface area contributed by atoms with Crippen LogP contribution in [-0.2, 0) is 4.74 Å². The minimum absolute atomic E-state index is 0.264. The van der Waals surface area contributed by atoms with Crippen LogP contribution in [0.2, 0.25) is 0 Å². The van der Waals surface area contributed by atoms with Gasteiger partial charge in [-0.25, -0.2) is 0 Å². The van der Waals surface area contributed by atoms with E-state index in [-0.39, 0.29) is 12.0 Å². The summed E-state index contributed by atoms with van der Waals surface area (Å²) >= 11 is 0. The summed E-state index contributed by atoms with van der Waals surface area (Å²) in [6.07, 6.45) is 12.7. The summed E-state index contributed by atoms with van der Waals surface area (Å²) in [7, 11) is 0. The van der Waals surface area contributed by atoms with Crippen LogP contribution in [0.25, 0.3) is 0 Å². The standard InChI is InChI=1S/C24H48O4.C2H6/c1-5-24(27,28-6-2)17-10-16-23(3,4)15-8-13-20-11-7-12-21(19-26)22(20)14-9-18-25;1-2/h20-22,25-27H,5-19H2,1-4H3;1-2H3. The summed E-state index contributed by atoms with van der Waals surface area (Å²) < 4.78 is 5.54. The first-order chi connectivity index (χ1) is 14.3. The van der Waals surface area contributed by atoms with Gasteiger partial charge in [0, 0.05) is 26.2 Å². The fourth-order valence-electron chi connectivity index (χ4n) is 5.27. The van der Waals surface area contributed by atoms with Gasteiger partial charge in [0.1, 0.15) is 0 Å². The Morgan fingerprint density at radius 2 is 1.50 bits per heavy atom. The average molecular weight is 431 g/mol. The monoisotopic (exact) mass is 430 g/mol. The van der Waals surface area contributed by atoms with E-state index in [1.807, 2.05) is 27.7 Å². The lowest BCUT2D eigenvalue weighted by Gasteiger charge is -2.38. The molecule has 3 N–H and O–H groups in total. The second-order valence-corrected chi connectivity index (χ2v) is 9.81. The summed E-state index contributed by atoms with van der Waals surface area (Å²) in [6.45, 7) is 13.7. The van der Waals surface area contributed by atoms with Crippen molar-refractivity contribution in [2.75, 3.05) is 19.8 Å². The van der Waals surface area contributed by atoms with Crippen LogP contribution in [0.15, 0.2) is 0 Å². The summed E-state index contributed by atoms with van der Waals surface area (Å²) in [5.74, 6) is 0.770. The predicted molar refractivity (Wildman–Crippen MR) is 127 cm³/mol. The Labute approximate surface area is 187 Å². The zero-order valence-corrected chi connectivity index (χ0v) is 21.1. The van der Waals surface area contributed by atoms with E-state index in [9.17, 15) is 15.3 Å². The van der Waals surface area contributed by atoms with Gasteiger partial charge < -0.3 is 20.1 Å². The molecule has 1 aliphatic carbocycles. The van der Waals surface area contributed by atoms with Crippen LogP contribution in [0, 0.1) is 23.2 Å². The number of aliphatic hydroxyl groups is 3. The number of hydrogen-bond acceptors (Lipinski definition) is 4. The summed E-state index contributed by atoms with van der Waals surface area (Å²) in [5.41, 5.74) is 0.284. The molecule has 0 aromatic rings. The van der Waals surface area contributed by atoms with Gasteiger partial charge in [-0.1, -0.05) is 60.3 Å². The highest BCUT2D eigenvalue weighted by Crippen LogP contribution is 2.41. The molecule has 0 aromatic heterocycles. The van der Waals surface area contributed by atoms with Gasteiger partial charge in [0.15, 0.2) is 5.79 Å². The summed E-state index contributed by atoms with van der Waals surface area (Å²) in [4.78, 5) is 0. The van der Waals surface area contributed by atoms with Gasteiger partial charge in [0.05, 0.1) is 0 Å². The first-order valence-corrected chi connectivity index (χ1v) is 12.9. The fraction of sp³-hybridized carbons (Fsp3) is 1.00. The largest absolute Gasteiger partial charge is 0.396 e. The van der Waals surface area contributed by atoms with E-state index in [0.717, 1.165) is 32.1 Å². The highest BCUT2D eigenvalue weighted by atomic mass is 16.6. The Morgan fingerprint density at radius 1 is 0.867 bits per heavy atom. The molecule has 0 aliphatic heterocycles. The Kier molecular flexibility index (Phi) is 16.4. The number of aliphatic hydroxyl groups excluding tert-OH is 2. The molecule has 0 aromatic carbocycles. The molecule has 1 aliphatic rings. The Hall–Kier alpha value is -0.160. The van der Waals surface area contributed by atoms with Crippen LogP contribution in [0.4, 0.5) is 0 Å². The number of ether oxygens (including phenoxy) is 1. The van der Waals surface area contributed by atoms with Gasteiger partial charge in [-0.2, -0.15) is 0 Å². The molecule has 0 radical (unpaired) electrons. The Morgan fingerprint density at radius 3 is 2.07 bits per heavy atom. The third-order valence-corrected chi connectivity index (χ3v) is 7.11. The molecular formula is C26H54O4. The van der Waals surface area contributed by atoms with Crippen molar-refractivity contribution in [3.05, 3.63) is 0 Å². The van der Waals surface area contributed by atoms with Gasteiger partial charge in [-0.15, -0.1) is 0 Å². The minimum atomic E-state index is -0.952. The maximum atomic E-state index is 10.5. The van der Waals surface area contributed by atoms with Crippen LogP contribution < -0.4 is 0 Å². The predicted octanol–water partition coefficient (Wildman–Crippen LogP) is 6.31. The summed E-state index contributed by atoms with van der Waals surface area (Å²) in [5, 5.41) is 29.4. The van der Waals surface area contributed by atoms with Crippen LogP contribution in [0.1, 0.15) is 119 Å². The van der Waals surface area contributed by atoms with E-state index in [0.29, 0.717) is 43.8 Å². The van der Waals surface area contributed by atoms with E-state index in [2.05, 4.69) is 13.8 Å². The lowest BCUT2D eigenvalue weighted by molar-refractivity contribution is -0.207. The van der Waals surface area contributed by atoms with Gasteiger partial charge in [0.25, 0.3) is 0 Å². The third kappa shape index (κ3) is 11.5. The topological polar surface area (TPSA) is 69.9 Å². The second kappa shape index (κ2) is 16.5. The third-order valence-electron chi connectivity index (χ3n) is 7.11. The van der Waals surface area contributed by atoms with Crippen molar-refractivity contribution in [3.8, 4) is 0 Å². The van der Waals surface area contributed by atoms with Gasteiger partial charge >= 0.3 is 0 Å². The maximum Gasteiger partial charge on any atom is 0.165 e. The Balaban J connectivity index is 0.00000407. The van der Waals surface area contributed by atoms with Crippen LogP contribution in [0.5, 0.6) is 0 Å². The highest BCUT2D eigenvalue weighted by Gasteiger charge is 2.32. The molecule has 30 heavy (non-hydrogen) atoms. The maximum absolute atomic E-state index is 10.5. The van der Waals surface area contributed by atoms with Gasteiger partial charge in [0.2, 0.25) is 0 Å². The zero-order chi connectivity index (χ0) is 23.0. The average Bonchev–Trinajstić information content (AvgIpc) is 2.73. The van der Waals surface area contributed by atoms with E-state index in [1.54, 1.807) is 0 Å². The van der Waals surface area contributed by atoms with Crippen LogP contribution >= 0.6 is 0 Å². The molecule has 1 saturated carbocycles. The number of rotatable bonds is 15. The lowest BCUT2D eigenvalue weighted by atomic mass is 9.68. The molecule has 0 bridgehead atoms. The Bertz CT molecular complexity index is 398. The fourth-order valence-corrected chi connectivity index (χ4v) is 5.27. The van der Waals surface area contributed by atoms with E-state index < -0.39 is 5.79 Å². The van der Waals surface area contributed by atoms with Crippen molar-refractivity contribution in [2.24, 2.45) is 23.2 Å². The molecule has 4 heteroatoms. The van der Waals surface area contributed by atoms with Gasteiger partial charge in [-0.3, -0.25) is 0 Å². The smallest absolute Gasteiger partial charge is 0.165 e. The second-order valence-electron chi connectivity index (χ2n) is 9.81. The van der Waals surface area contributed by atoms with Crippen molar-refractivity contribution >= 4 is 0 Å². The van der Waals surface area contributed by atoms with Crippen molar-refractivity contribution < 1.29 is 20.1 Å². The van der Waals surface area contributed by atoms with Crippen LogP contribution in [-0.4, -0.2) is 40.9 Å².